The number of aliphatic hydroxyl groups is 2. The molecule has 0 saturated heterocycles. The van der Waals surface area contributed by atoms with Crippen molar-refractivity contribution < 1.29 is 15.0 Å². The first kappa shape index (κ1) is 31.1. The number of rotatable bonds is 24. The van der Waals surface area contributed by atoms with Gasteiger partial charge in [0.25, 0.3) is 0 Å². The molecular formula is C28H55NO3. The van der Waals surface area contributed by atoms with Crippen LogP contribution in [0, 0.1) is 0 Å². The maximum absolute atomic E-state index is 12.2. The number of amides is 1. The molecule has 1 amide bonds. The summed E-state index contributed by atoms with van der Waals surface area (Å²) < 4.78 is 0. The van der Waals surface area contributed by atoms with E-state index in [2.05, 4.69) is 31.3 Å². The highest BCUT2D eigenvalue weighted by Crippen LogP contribution is 2.12. The molecule has 0 saturated carbocycles. The van der Waals surface area contributed by atoms with Gasteiger partial charge in [0.15, 0.2) is 0 Å². The normalized spacial score (nSPS) is 13.5. The Hall–Kier alpha value is -0.870. The highest BCUT2D eigenvalue weighted by atomic mass is 16.3. The van der Waals surface area contributed by atoms with Crippen molar-refractivity contribution in [3.63, 3.8) is 0 Å². The molecule has 0 heterocycles. The average molecular weight is 454 g/mol. The lowest BCUT2D eigenvalue weighted by Crippen LogP contribution is -2.45. The van der Waals surface area contributed by atoms with Gasteiger partial charge in [-0.25, -0.2) is 0 Å². The molecule has 0 rings (SSSR count). The van der Waals surface area contributed by atoms with Crippen LogP contribution in [0.1, 0.15) is 142 Å². The maximum atomic E-state index is 12.2. The molecule has 0 radical (unpaired) electrons. The Kier molecular flexibility index (Phi) is 24.1. The predicted octanol–water partition coefficient (Wildman–Crippen LogP) is 7.22. The van der Waals surface area contributed by atoms with Crippen LogP contribution in [0.5, 0.6) is 0 Å². The van der Waals surface area contributed by atoms with Gasteiger partial charge in [-0.3, -0.25) is 4.79 Å². The van der Waals surface area contributed by atoms with E-state index in [0.29, 0.717) is 12.8 Å². The summed E-state index contributed by atoms with van der Waals surface area (Å²) in [4.78, 5) is 12.2. The van der Waals surface area contributed by atoms with Crippen LogP contribution in [-0.2, 0) is 4.79 Å². The van der Waals surface area contributed by atoms with Crippen molar-refractivity contribution in [2.24, 2.45) is 0 Å². The third kappa shape index (κ3) is 21.0. The molecule has 2 atom stereocenters. The number of allylic oxidation sites excluding steroid dienone is 2. The standard InChI is InChI=1S/C28H55NO3/c1-3-5-7-9-11-13-15-17-19-21-23-27(31)26(25-30)29-28(32)24-22-20-18-16-14-12-10-8-6-4-2/h13,15,26-27,30-31H,3-12,14,16-25H2,1-2H3,(H,29,32)/b15-13+/t26-,27+/m0/s1. The smallest absolute Gasteiger partial charge is 0.220 e. The monoisotopic (exact) mass is 453 g/mol. The molecule has 0 spiro atoms. The number of aliphatic hydroxyl groups excluding tert-OH is 2. The number of hydrogen-bond donors (Lipinski definition) is 3. The minimum absolute atomic E-state index is 0.0475. The molecule has 190 valence electrons. The highest BCUT2D eigenvalue weighted by Gasteiger charge is 2.19. The van der Waals surface area contributed by atoms with Gasteiger partial charge in [-0.05, 0) is 38.5 Å². The SMILES string of the molecule is CCCCCC/C=C/CCCC[C@@H](O)[C@H](CO)NC(=O)CCCCCCCCCCCC. The summed E-state index contributed by atoms with van der Waals surface area (Å²) in [6.07, 6.45) is 26.8. The van der Waals surface area contributed by atoms with Crippen molar-refractivity contribution in [2.45, 2.75) is 154 Å². The molecule has 0 aliphatic rings. The van der Waals surface area contributed by atoms with Crippen LogP contribution >= 0.6 is 0 Å². The summed E-state index contributed by atoms with van der Waals surface area (Å²) >= 11 is 0. The van der Waals surface area contributed by atoms with Crippen LogP contribution in [0.3, 0.4) is 0 Å². The summed E-state index contributed by atoms with van der Waals surface area (Å²) in [5.41, 5.74) is 0. The van der Waals surface area contributed by atoms with E-state index >= 15 is 0 Å². The predicted molar refractivity (Wildman–Crippen MR) is 138 cm³/mol. The topological polar surface area (TPSA) is 69.6 Å². The number of hydrogen-bond acceptors (Lipinski definition) is 3. The van der Waals surface area contributed by atoms with Crippen molar-refractivity contribution in [2.75, 3.05) is 6.61 Å². The second-order valence-corrected chi connectivity index (χ2v) is 9.46. The number of unbranched alkanes of at least 4 members (excludes halogenated alkanes) is 15. The Bertz CT molecular complexity index is 425. The van der Waals surface area contributed by atoms with Crippen molar-refractivity contribution in [1.82, 2.24) is 5.32 Å². The van der Waals surface area contributed by atoms with Crippen LogP contribution in [0.4, 0.5) is 0 Å². The van der Waals surface area contributed by atoms with E-state index < -0.39 is 12.1 Å². The van der Waals surface area contributed by atoms with Crippen LogP contribution < -0.4 is 5.32 Å². The van der Waals surface area contributed by atoms with Crippen molar-refractivity contribution in [3.05, 3.63) is 12.2 Å². The lowest BCUT2D eigenvalue weighted by Gasteiger charge is -2.22. The van der Waals surface area contributed by atoms with Crippen LogP contribution in [-0.4, -0.2) is 34.9 Å². The molecule has 0 aromatic heterocycles. The van der Waals surface area contributed by atoms with E-state index in [0.717, 1.165) is 32.1 Å². The van der Waals surface area contributed by atoms with Gasteiger partial charge in [0, 0.05) is 6.42 Å². The molecule has 0 bridgehead atoms. The van der Waals surface area contributed by atoms with E-state index in [9.17, 15) is 15.0 Å². The largest absolute Gasteiger partial charge is 0.394 e. The molecule has 0 unspecified atom stereocenters. The van der Waals surface area contributed by atoms with Gasteiger partial charge < -0.3 is 15.5 Å². The second-order valence-electron chi connectivity index (χ2n) is 9.46. The molecule has 3 N–H and O–H groups in total. The lowest BCUT2D eigenvalue weighted by atomic mass is 10.0. The molecule has 4 heteroatoms. The van der Waals surface area contributed by atoms with Gasteiger partial charge in [0.05, 0.1) is 18.8 Å². The third-order valence-corrected chi connectivity index (χ3v) is 6.28. The number of carbonyl (C=O) groups excluding carboxylic acids is 1. The van der Waals surface area contributed by atoms with E-state index in [1.807, 2.05) is 0 Å². The first-order chi connectivity index (χ1) is 15.7. The van der Waals surface area contributed by atoms with E-state index in [4.69, 9.17) is 0 Å². The van der Waals surface area contributed by atoms with Gasteiger partial charge in [-0.15, -0.1) is 0 Å². The molecule has 32 heavy (non-hydrogen) atoms. The summed E-state index contributed by atoms with van der Waals surface area (Å²) in [6, 6.07) is -0.542. The minimum Gasteiger partial charge on any atom is -0.394 e. The van der Waals surface area contributed by atoms with Crippen LogP contribution in [0.25, 0.3) is 0 Å². The third-order valence-electron chi connectivity index (χ3n) is 6.28. The Morgan fingerprint density at radius 3 is 1.72 bits per heavy atom. The van der Waals surface area contributed by atoms with Gasteiger partial charge in [-0.1, -0.05) is 109 Å². The zero-order chi connectivity index (χ0) is 23.7. The first-order valence-electron chi connectivity index (χ1n) is 13.9. The zero-order valence-corrected chi connectivity index (χ0v) is 21.5. The Balaban J connectivity index is 3.69. The molecular weight excluding hydrogens is 398 g/mol. The number of carbonyl (C=O) groups is 1. The summed E-state index contributed by atoms with van der Waals surface area (Å²) in [5.74, 6) is -0.0475. The van der Waals surface area contributed by atoms with Crippen molar-refractivity contribution in [1.29, 1.82) is 0 Å². The van der Waals surface area contributed by atoms with Crippen LogP contribution in [0.2, 0.25) is 0 Å². The van der Waals surface area contributed by atoms with E-state index in [1.165, 1.54) is 83.5 Å². The Labute approximate surface area is 199 Å². The highest BCUT2D eigenvalue weighted by molar-refractivity contribution is 5.76. The van der Waals surface area contributed by atoms with Gasteiger partial charge in [-0.2, -0.15) is 0 Å². The summed E-state index contributed by atoms with van der Waals surface area (Å²) in [7, 11) is 0. The average Bonchev–Trinajstić information content (AvgIpc) is 2.79. The van der Waals surface area contributed by atoms with E-state index in [-0.39, 0.29) is 12.5 Å². The fourth-order valence-electron chi connectivity index (χ4n) is 4.06. The Morgan fingerprint density at radius 1 is 0.719 bits per heavy atom. The maximum Gasteiger partial charge on any atom is 0.220 e. The van der Waals surface area contributed by atoms with Gasteiger partial charge in [0.1, 0.15) is 0 Å². The van der Waals surface area contributed by atoms with Crippen molar-refractivity contribution in [3.8, 4) is 0 Å². The first-order valence-corrected chi connectivity index (χ1v) is 13.9. The van der Waals surface area contributed by atoms with E-state index in [1.54, 1.807) is 0 Å². The van der Waals surface area contributed by atoms with Gasteiger partial charge >= 0.3 is 0 Å². The number of nitrogens with one attached hydrogen (secondary N) is 1. The van der Waals surface area contributed by atoms with Gasteiger partial charge in [0.2, 0.25) is 5.91 Å². The fourth-order valence-corrected chi connectivity index (χ4v) is 4.06. The summed E-state index contributed by atoms with van der Waals surface area (Å²) in [5, 5.41) is 22.7. The zero-order valence-electron chi connectivity index (χ0n) is 21.5. The summed E-state index contributed by atoms with van der Waals surface area (Å²) in [6.45, 7) is 4.27. The molecule has 4 nitrogen and oxygen atoms in total. The van der Waals surface area contributed by atoms with Crippen molar-refractivity contribution >= 4 is 5.91 Å². The molecule has 0 fully saturated rings. The fraction of sp³-hybridized carbons (Fsp3) is 0.893. The minimum atomic E-state index is -0.672. The van der Waals surface area contributed by atoms with Crippen LogP contribution in [0.15, 0.2) is 12.2 Å². The molecule has 0 aliphatic heterocycles. The molecule has 0 aromatic rings. The second kappa shape index (κ2) is 24.8. The lowest BCUT2D eigenvalue weighted by molar-refractivity contribution is -0.123. The Morgan fingerprint density at radius 2 is 1.19 bits per heavy atom. The molecule has 0 aliphatic carbocycles. The molecule has 0 aromatic carbocycles. The quantitative estimate of drug-likeness (QED) is 0.107.